The van der Waals surface area contributed by atoms with Crippen LogP contribution in [0.1, 0.15) is 38.1 Å². The molecule has 3 rings (SSSR count). The van der Waals surface area contributed by atoms with E-state index in [9.17, 15) is 0 Å². The monoisotopic (exact) mass is 306 g/mol. The highest BCUT2D eigenvalue weighted by molar-refractivity contribution is 6.29. The lowest BCUT2D eigenvalue weighted by Crippen LogP contribution is -2.43. The average molecular weight is 307 g/mol. The highest BCUT2D eigenvalue weighted by Gasteiger charge is 2.48. The van der Waals surface area contributed by atoms with Crippen LogP contribution in [0.3, 0.4) is 0 Å². The van der Waals surface area contributed by atoms with Gasteiger partial charge >= 0.3 is 0 Å². The smallest absolute Gasteiger partial charge is 0.214 e. The molecule has 21 heavy (non-hydrogen) atoms. The first kappa shape index (κ1) is 14.3. The second-order valence-electron chi connectivity index (χ2n) is 5.81. The van der Waals surface area contributed by atoms with Gasteiger partial charge in [-0.15, -0.1) is 10.2 Å². The van der Waals surface area contributed by atoms with Crippen molar-refractivity contribution >= 4 is 11.6 Å². The molecule has 1 fully saturated rings. The van der Waals surface area contributed by atoms with Crippen molar-refractivity contribution in [1.82, 2.24) is 19.7 Å². The molecular weight excluding hydrogens is 288 g/mol. The Morgan fingerprint density at radius 3 is 2.76 bits per heavy atom. The van der Waals surface area contributed by atoms with Crippen LogP contribution in [-0.4, -0.2) is 26.4 Å². The topological polar surface area (TPSA) is 52.8 Å². The van der Waals surface area contributed by atoms with Gasteiger partial charge in [0.15, 0.2) is 0 Å². The van der Waals surface area contributed by atoms with Gasteiger partial charge in [0.25, 0.3) is 0 Å². The average Bonchev–Trinajstić information content (AvgIpc) is 2.81. The summed E-state index contributed by atoms with van der Waals surface area (Å²) >= 11 is 6.18. The quantitative estimate of drug-likeness (QED) is 0.815. The molecule has 2 aromatic rings. The molecular formula is C15H19ClN4O. The summed E-state index contributed by atoms with van der Waals surface area (Å²) in [4.78, 5) is 4.22. The highest BCUT2D eigenvalue weighted by Crippen LogP contribution is 2.52. The maximum atomic E-state index is 6.18. The Labute approximate surface area is 129 Å². The molecule has 0 saturated heterocycles. The molecule has 0 radical (unpaired) electrons. The first-order valence-electron chi connectivity index (χ1n) is 7.20. The Balaban J connectivity index is 2.08. The molecule has 6 heteroatoms. The summed E-state index contributed by atoms with van der Waals surface area (Å²) in [6.45, 7) is 4.76. The van der Waals surface area contributed by atoms with Crippen molar-refractivity contribution in [1.29, 1.82) is 0 Å². The lowest BCUT2D eigenvalue weighted by atomic mass is 9.58. The van der Waals surface area contributed by atoms with Gasteiger partial charge in [-0.1, -0.05) is 18.5 Å². The van der Waals surface area contributed by atoms with Gasteiger partial charge in [-0.05, 0) is 37.3 Å². The van der Waals surface area contributed by atoms with E-state index in [1.54, 1.807) is 6.33 Å². The zero-order chi connectivity index (χ0) is 15.0. The van der Waals surface area contributed by atoms with E-state index in [1.807, 2.05) is 30.7 Å². The Morgan fingerprint density at radius 1 is 1.43 bits per heavy atom. The number of aryl methyl sites for hydroxylation is 1. The van der Waals surface area contributed by atoms with Crippen LogP contribution in [0.5, 0.6) is 5.88 Å². The van der Waals surface area contributed by atoms with E-state index < -0.39 is 0 Å². The number of pyridine rings is 1. The molecule has 0 aliphatic heterocycles. The fourth-order valence-electron chi connectivity index (χ4n) is 3.36. The molecule has 2 heterocycles. The summed E-state index contributed by atoms with van der Waals surface area (Å²) in [6.07, 6.45) is 3.81. The standard InChI is InChI=1S/C15H19ClN4O/c1-4-21-13-6-11(5-12(16)18-13)15(7-10(2)8-15)14-19-17-9-20(14)3/h5-6,9-10H,4,7-8H2,1-3H3. The van der Waals surface area contributed by atoms with E-state index in [0.29, 0.717) is 23.6 Å². The van der Waals surface area contributed by atoms with Crippen molar-refractivity contribution in [2.75, 3.05) is 6.61 Å². The van der Waals surface area contributed by atoms with Crippen LogP contribution in [0, 0.1) is 5.92 Å². The van der Waals surface area contributed by atoms with Crippen LogP contribution in [0.2, 0.25) is 5.15 Å². The Bertz CT molecular complexity index is 649. The van der Waals surface area contributed by atoms with Crippen LogP contribution in [0.15, 0.2) is 18.5 Å². The minimum Gasteiger partial charge on any atom is -0.478 e. The summed E-state index contributed by atoms with van der Waals surface area (Å²) in [5, 5.41) is 8.82. The summed E-state index contributed by atoms with van der Waals surface area (Å²) in [7, 11) is 1.98. The van der Waals surface area contributed by atoms with Crippen LogP contribution in [0.4, 0.5) is 0 Å². The number of ether oxygens (including phenoxy) is 1. The molecule has 5 nitrogen and oxygen atoms in total. The number of halogens is 1. The van der Waals surface area contributed by atoms with E-state index in [4.69, 9.17) is 16.3 Å². The maximum absolute atomic E-state index is 6.18. The summed E-state index contributed by atoms with van der Waals surface area (Å²) < 4.78 is 7.51. The molecule has 0 atom stereocenters. The number of aromatic nitrogens is 4. The first-order chi connectivity index (χ1) is 10.0. The molecule has 1 saturated carbocycles. The lowest BCUT2D eigenvalue weighted by Gasteiger charge is -2.46. The number of hydrogen-bond acceptors (Lipinski definition) is 4. The van der Waals surface area contributed by atoms with Crippen molar-refractivity contribution in [3.63, 3.8) is 0 Å². The van der Waals surface area contributed by atoms with E-state index in [1.165, 1.54) is 0 Å². The summed E-state index contributed by atoms with van der Waals surface area (Å²) in [5.74, 6) is 2.20. The SMILES string of the molecule is CCOc1cc(C2(c3nncn3C)CC(C)C2)cc(Cl)n1. The van der Waals surface area contributed by atoms with Crippen molar-refractivity contribution in [2.24, 2.45) is 13.0 Å². The molecule has 0 unspecified atom stereocenters. The zero-order valence-corrected chi connectivity index (χ0v) is 13.3. The molecule has 1 aliphatic carbocycles. The number of rotatable bonds is 4. The van der Waals surface area contributed by atoms with Crippen LogP contribution in [-0.2, 0) is 12.5 Å². The molecule has 112 valence electrons. The number of nitrogens with zero attached hydrogens (tertiary/aromatic N) is 4. The zero-order valence-electron chi connectivity index (χ0n) is 12.5. The summed E-state index contributed by atoms with van der Waals surface area (Å²) in [5.41, 5.74) is 0.975. The van der Waals surface area contributed by atoms with Crippen molar-refractivity contribution < 1.29 is 4.74 Å². The molecule has 0 N–H and O–H groups in total. The predicted octanol–water partition coefficient (Wildman–Crippen LogP) is 2.98. The normalized spacial score (nSPS) is 24.7. The Kier molecular flexibility index (Phi) is 3.61. The molecule has 0 bridgehead atoms. The van der Waals surface area contributed by atoms with Gasteiger partial charge in [-0.25, -0.2) is 4.98 Å². The van der Waals surface area contributed by atoms with Gasteiger partial charge in [0.05, 0.1) is 12.0 Å². The molecule has 0 amide bonds. The molecule has 1 aliphatic rings. The second-order valence-corrected chi connectivity index (χ2v) is 6.20. The predicted molar refractivity (Wildman–Crippen MR) is 80.6 cm³/mol. The lowest BCUT2D eigenvalue weighted by molar-refractivity contribution is 0.184. The van der Waals surface area contributed by atoms with E-state index in [0.717, 1.165) is 24.2 Å². The highest BCUT2D eigenvalue weighted by atomic mass is 35.5. The Hall–Kier alpha value is -1.62. The van der Waals surface area contributed by atoms with Crippen molar-refractivity contribution in [2.45, 2.75) is 32.1 Å². The van der Waals surface area contributed by atoms with Gasteiger partial charge in [-0.3, -0.25) is 0 Å². The van der Waals surface area contributed by atoms with E-state index in [2.05, 4.69) is 22.1 Å². The van der Waals surface area contributed by atoms with Crippen LogP contribution < -0.4 is 4.74 Å². The van der Waals surface area contributed by atoms with Crippen LogP contribution in [0.25, 0.3) is 0 Å². The molecule has 0 spiro atoms. The number of hydrogen-bond donors (Lipinski definition) is 0. The van der Waals surface area contributed by atoms with E-state index >= 15 is 0 Å². The second kappa shape index (κ2) is 5.30. The minimum absolute atomic E-state index is 0.136. The largest absolute Gasteiger partial charge is 0.478 e. The van der Waals surface area contributed by atoms with Gasteiger partial charge in [0.1, 0.15) is 17.3 Å². The molecule has 2 aromatic heterocycles. The fraction of sp³-hybridized carbons (Fsp3) is 0.533. The third-order valence-electron chi connectivity index (χ3n) is 4.15. The fourth-order valence-corrected chi connectivity index (χ4v) is 3.57. The van der Waals surface area contributed by atoms with Gasteiger partial charge in [0, 0.05) is 13.1 Å². The van der Waals surface area contributed by atoms with Crippen molar-refractivity contribution in [3.8, 4) is 5.88 Å². The molecule has 0 aromatic carbocycles. The minimum atomic E-state index is -0.136. The van der Waals surface area contributed by atoms with Gasteiger partial charge < -0.3 is 9.30 Å². The Morgan fingerprint density at radius 2 is 2.19 bits per heavy atom. The van der Waals surface area contributed by atoms with Crippen LogP contribution >= 0.6 is 11.6 Å². The third kappa shape index (κ3) is 2.39. The summed E-state index contributed by atoms with van der Waals surface area (Å²) in [6, 6.07) is 3.90. The first-order valence-corrected chi connectivity index (χ1v) is 7.58. The maximum Gasteiger partial charge on any atom is 0.214 e. The van der Waals surface area contributed by atoms with Gasteiger partial charge in [0.2, 0.25) is 5.88 Å². The third-order valence-corrected chi connectivity index (χ3v) is 4.34. The van der Waals surface area contributed by atoms with Crippen molar-refractivity contribution in [3.05, 3.63) is 35.0 Å². The van der Waals surface area contributed by atoms with Gasteiger partial charge in [-0.2, -0.15) is 0 Å². The van der Waals surface area contributed by atoms with E-state index in [-0.39, 0.29) is 5.41 Å².